The van der Waals surface area contributed by atoms with Gasteiger partial charge in [0.2, 0.25) is 5.78 Å². The van der Waals surface area contributed by atoms with Crippen LogP contribution in [-0.2, 0) is 22.4 Å². The standard InChI is InChI=1S/C25H24O6.C6H13NO3.C5H8.2CH5N/c1-31-18-7-3-6-15-19(12-4-2-5-12)21-22(25(30)20(15)18)23(28)14-9-8-13(17(27)11-26)10-16(14)24(21)29;1-3-6(9)4(7)2-5(8)10-3;1-3-5-4-2;2*1-2/h3,6-7,13,26,28-29H,2,4-5,8-11H2,1H3;3-6,8-9H,2,7H2,1H3;3-5H,1H2,2H3;2*2H2,1H3/b;;5-4+;;/t13-;;;;/m0..../s1. The van der Waals surface area contributed by atoms with Crippen molar-refractivity contribution in [3.63, 3.8) is 0 Å². The highest BCUT2D eigenvalue weighted by Crippen LogP contribution is 2.53. The number of carbonyl (C=O) groups excluding carboxylic acids is 2. The summed E-state index contributed by atoms with van der Waals surface area (Å²) in [7, 11) is 4.51. The first-order valence-electron chi connectivity index (χ1n) is 16.8. The van der Waals surface area contributed by atoms with E-state index in [0.29, 0.717) is 52.8 Å². The van der Waals surface area contributed by atoms with E-state index >= 15 is 0 Å². The second-order valence-corrected chi connectivity index (χ2v) is 12.0. The Kier molecular flexibility index (Phi) is 17.0. The molecule has 0 radical (unpaired) electrons. The minimum atomic E-state index is -0.812. The van der Waals surface area contributed by atoms with Crippen molar-refractivity contribution < 1.29 is 44.6 Å². The third-order valence-electron chi connectivity index (χ3n) is 9.09. The molecule has 50 heavy (non-hydrogen) atoms. The van der Waals surface area contributed by atoms with E-state index in [1.54, 1.807) is 19.1 Å². The molecule has 1 saturated heterocycles. The van der Waals surface area contributed by atoms with Crippen molar-refractivity contribution in [2.75, 3.05) is 27.8 Å². The Hall–Kier alpha value is -3.88. The normalized spacial score (nSPS) is 22.9. The average Bonchev–Trinajstić information content (AvgIpc) is 3.11. The number of carbonyl (C=O) groups is 2. The number of ketones is 2. The molecule has 0 amide bonds. The number of allylic oxidation sites excluding steroid dienone is 4. The number of hydrogen-bond acceptors (Lipinski definition) is 12. The lowest BCUT2D eigenvalue weighted by Crippen LogP contribution is -2.51. The Morgan fingerprint density at radius 3 is 2.18 bits per heavy atom. The van der Waals surface area contributed by atoms with Gasteiger partial charge in [0.15, 0.2) is 12.1 Å². The van der Waals surface area contributed by atoms with Gasteiger partial charge in [0.25, 0.3) is 0 Å². The SMILES string of the molecule is C=C/C=C/C.CC1OC(O)CC(N)C1O.CN.CN.COc1cccc2c1C(=O)c1c(O)c3c(c(O)c1C2=C1CCC1)C[C@@H](C(=O)CO)CC3. The number of methoxy groups -OCH3 is 1. The van der Waals surface area contributed by atoms with Crippen molar-refractivity contribution in [1.82, 2.24) is 0 Å². The zero-order valence-electron chi connectivity index (χ0n) is 29.8. The van der Waals surface area contributed by atoms with E-state index in [2.05, 4.69) is 18.0 Å². The van der Waals surface area contributed by atoms with E-state index in [9.17, 15) is 30.0 Å². The second kappa shape index (κ2) is 20.1. The summed E-state index contributed by atoms with van der Waals surface area (Å²) in [5, 5.41) is 50.0. The smallest absolute Gasteiger partial charge is 0.201 e. The van der Waals surface area contributed by atoms with Crippen LogP contribution in [0.2, 0.25) is 0 Å². The van der Waals surface area contributed by atoms with Crippen LogP contribution in [0.15, 0.2) is 48.6 Å². The van der Waals surface area contributed by atoms with E-state index in [0.717, 1.165) is 30.4 Å². The monoisotopic (exact) mass is 697 g/mol. The first kappa shape index (κ1) is 42.3. The minimum Gasteiger partial charge on any atom is -0.507 e. The fourth-order valence-corrected chi connectivity index (χ4v) is 6.46. The zero-order valence-corrected chi connectivity index (χ0v) is 29.8. The third kappa shape index (κ3) is 9.07. The summed E-state index contributed by atoms with van der Waals surface area (Å²) in [5.74, 6) is -0.754. The van der Waals surface area contributed by atoms with Gasteiger partial charge in [-0.15, -0.1) is 0 Å². The fraction of sp³-hybridized carbons (Fsp3) is 0.474. The first-order chi connectivity index (χ1) is 24.0. The number of aromatic hydroxyl groups is 2. The predicted octanol–water partition coefficient (Wildman–Crippen LogP) is 3.00. The molecule has 2 aromatic carbocycles. The number of benzene rings is 2. The topological polar surface area (TPSA) is 232 Å². The number of fused-ring (bicyclic) bond motifs is 3. The van der Waals surface area contributed by atoms with Gasteiger partial charge in [0, 0.05) is 35.1 Å². The highest BCUT2D eigenvalue weighted by molar-refractivity contribution is 6.22. The molecule has 0 bridgehead atoms. The maximum Gasteiger partial charge on any atom is 0.201 e. The van der Waals surface area contributed by atoms with E-state index in [1.807, 2.05) is 31.2 Å². The lowest BCUT2D eigenvalue weighted by molar-refractivity contribution is -0.198. The number of ether oxygens (including phenoxy) is 2. The van der Waals surface area contributed by atoms with Crippen LogP contribution in [0.4, 0.5) is 0 Å². The van der Waals surface area contributed by atoms with Gasteiger partial charge in [-0.1, -0.05) is 42.5 Å². The second-order valence-electron chi connectivity index (χ2n) is 12.0. The minimum absolute atomic E-state index is 0.0329. The van der Waals surface area contributed by atoms with Crippen molar-refractivity contribution in [2.24, 2.45) is 23.1 Å². The first-order valence-corrected chi connectivity index (χ1v) is 16.8. The summed E-state index contributed by atoms with van der Waals surface area (Å²) in [6, 6.07) is 5.04. The van der Waals surface area contributed by atoms with E-state index in [1.165, 1.54) is 21.2 Å². The van der Waals surface area contributed by atoms with Crippen LogP contribution in [-0.4, -0.2) is 89.5 Å². The van der Waals surface area contributed by atoms with Crippen LogP contribution in [0.1, 0.15) is 84.1 Å². The van der Waals surface area contributed by atoms with Gasteiger partial charge in [-0.3, -0.25) is 9.59 Å². The van der Waals surface area contributed by atoms with Gasteiger partial charge in [-0.25, -0.2) is 0 Å². The highest BCUT2D eigenvalue weighted by Gasteiger charge is 2.40. The van der Waals surface area contributed by atoms with Gasteiger partial charge in [-0.2, -0.15) is 0 Å². The van der Waals surface area contributed by atoms with Gasteiger partial charge in [0.1, 0.15) is 23.9 Å². The van der Waals surface area contributed by atoms with Crippen molar-refractivity contribution in [1.29, 1.82) is 0 Å². The van der Waals surface area contributed by atoms with Crippen molar-refractivity contribution >= 4 is 17.1 Å². The molecule has 276 valence electrons. The Balaban J connectivity index is 0.000000378. The number of aliphatic hydroxyl groups is 3. The molecule has 12 heteroatoms. The van der Waals surface area contributed by atoms with Crippen LogP contribution in [0, 0.1) is 5.92 Å². The van der Waals surface area contributed by atoms with Crippen LogP contribution in [0.3, 0.4) is 0 Å². The van der Waals surface area contributed by atoms with Crippen LogP contribution >= 0.6 is 0 Å². The van der Waals surface area contributed by atoms with Gasteiger partial charge < -0.3 is 52.2 Å². The largest absolute Gasteiger partial charge is 0.507 e. The van der Waals surface area contributed by atoms with Gasteiger partial charge in [0.05, 0.1) is 30.4 Å². The molecule has 11 N–H and O–H groups in total. The molecular formula is C38H55N3O9. The summed E-state index contributed by atoms with van der Waals surface area (Å²) >= 11 is 0. The summed E-state index contributed by atoms with van der Waals surface area (Å²) in [5.41, 5.74) is 19.0. The number of nitrogens with two attached hydrogens (primary N) is 3. The van der Waals surface area contributed by atoms with Crippen molar-refractivity contribution in [3.05, 3.63) is 82.0 Å². The Labute approximate surface area is 294 Å². The molecule has 4 unspecified atom stereocenters. The molecule has 0 spiro atoms. The number of phenolic OH excluding ortho intramolecular Hbond substituents is 2. The van der Waals surface area contributed by atoms with Crippen molar-refractivity contribution in [3.8, 4) is 17.2 Å². The molecule has 2 fully saturated rings. The lowest BCUT2D eigenvalue weighted by atomic mass is 9.71. The molecule has 6 rings (SSSR count). The maximum atomic E-state index is 13.6. The molecule has 1 heterocycles. The number of phenols is 2. The van der Waals surface area contributed by atoms with E-state index in [4.69, 9.17) is 20.3 Å². The summed E-state index contributed by atoms with van der Waals surface area (Å²) in [6.45, 7) is 6.57. The average molecular weight is 698 g/mol. The summed E-state index contributed by atoms with van der Waals surface area (Å²) < 4.78 is 10.4. The molecule has 1 saturated carbocycles. The van der Waals surface area contributed by atoms with Crippen LogP contribution < -0.4 is 21.9 Å². The Morgan fingerprint density at radius 1 is 1.04 bits per heavy atom. The summed E-state index contributed by atoms with van der Waals surface area (Å²) in [4.78, 5) is 25.7. The summed E-state index contributed by atoms with van der Waals surface area (Å²) in [6.07, 6.45) is 7.88. The molecule has 5 atom stereocenters. The van der Waals surface area contributed by atoms with Gasteiger partial charge >= 0.3 is 0 Å². The molecule has 2 aromatic rings. The van der Waals surface area contributed by atoms with Gasteiger partial charge in [-0.05, 0) is 83.7 Å². The number of aliphatic hydroxyl groups excluding tert-OH is 3. The molecule has 4 aliphatic rings. The molecule has 0 aromatic heterocycles. The highest BCUT2D eigenvalue weighted by atomic mass is 16.6. The predicted molar refractivity (Wildman–Crippen MR) is 194 cm³/mol. The molecule has 1 aliphatic heterocycles. The van der Waals surface area contributed by atoms with E-state index < -0.39 is 24.9 Å². The quantitative estimate of drug-likeness (QED) is 0.145. The number of rotatable bonds is 4. The number of Topliss-reactive ketones (excluding diaryl/α,β-unsaturated/α-hetero) is 1. The Morgan fingerprint density at radius 2 is 1.68 bits per heavy atom. The molecule has 12 nitrogen and oxygen atoms in total. The molecule has 3 aliphatic carbocycles. The fourth-order valence-electron chi connectivity index (χ4n) is 6.46. The Bertz CT molecular complexity index is 1530. The van der Waals surface area contributed by atoms with Crippen molar-refractivity contribution in [2.45, 2.75) is 83.3 Å². The zero-order chi connectivity index (χ0) is 37.7. The van der Waals surface area contributed by atoms with E-state index in [-0.39, 0.29) is 47.2 Å². The maximum absolute atomic E-state index is 13.6. The van der Waals surface area contributed by atoms with Crippen LogP contribution in [0.25, 0.3) is 5.57 Å². The third-order valence-corrected chi connectivity index (χ3v) is 9.09. The number of hydrogen-bond donors (Lipinski definition) is 8. The van der Waals surface area contributed by atoms with Crippen LogP contribution in [0.5, 0.6) is 17.2 Å². The molecular weight excluding hydrogens is 642 g/mol. The lowest BCUT2D eigenvalue weighted by Gasteiger charge is -2.33.